The molecule has 150 valence electrons. The fourth-order valence-electron chi connectivity index (χ4n) is 4.85. The van der Waals surface area contributed by atoms with Crippen LogP contribution in [-0.2, 0) is 0 Å². The van der Waals surface area contributed by atoms with Crippen molar-refractivity contribution in [1.29, 1.82) is 5.26 Å². The molecule has 9 nitrogen and oxygen atoms in total. The molecule has 29 heavy (non-hydrogen) atoms. The topological polar surface area (TPSA) is 121 Å². The van der Waals surface area contributed by atoms with Crippen LogP contribution in [-0.4, -0.2) is 54.7 Å². The number of aryl methyl sites for hydroxylation is 1. The van der Waals surface area contributed by atoms with Crippen LogP contribution in [0.15, 0.2) is 18.5 Å². The van der Waals surface area contributed by atoms with Crippen LogP contribution in [0.1, 0.15) is 37.8 Å². The molecule has 0 saturated carbocycles. The molecule has 0 spiro atoms. The van der Waals surface area contributed by atoms with Gasteiger partial charge in [-0.3, -0.25) is 10.00 Å². The Kier molecular flexibility index (Phi) is 4.56. The lowest BCUT2D eigenvalue weighted by Gasteiger charge is -2.39. The largest absolute Gasteiger partial charge is 0.365 e. The molecular weight excluding hydrogens is 366 g/mol. The Morgan fingerprint density at radius 1 is 1.24 bits per heavy atom. The number of aromatic amines is 2. The van der Waals surface area contributed by atoms with E-state index in [0.717, 1.165) is 53.6 Å². The lowest BCUT2D eigenvalue weighted by atomic mass is 9.97. The molecule has 1 unspecified atom stereocenters. The summed E-state index contributed by atoms with van der Waals surface area (Å²) in [6, 6.07) is 7.66. The summed E-state index contributed by atoms with van der Waals surface area (Å²) in [6.07, 6.45) is 6.91. The maximum atomic E-state index is 8.93. The van der Waals surface area contributed by atoms with Gasteiger partial charge in [0.15, 0.2) is 11.6 Å². The highest BCUT2D eigenvalue weighted by atomic mass is 15.2. The van der Waals surface area contributed by atoms with Crippen LogP contribution in [0.25, 0.3) is 11.0 Å². The summed E-state index contributed by atoms with van der Waals surface area (Å²) in [6.45, 7) is 2.86. The van der Waals surface area contributed by atoms with E-state index in [1.807, 2.05) is 19.1 Å². The lowest BCUT2D eigenvalue weighted by molar-refractivity contribution is 0.136. The predicted octanol–water partition coefficient (Wildman–Crippen LogP) is 3.05. The monoisotopic (exact) mass is 391 g/mol. The summed E-state index contributed by atoms with van der Waals surface area (Å²) in [4.78, 5) is 15.0. The summed E-state index contributed by atoms with van der Waals surface area (Å²) in [7, 11) is 0. The third-order valence-corrected chi connectivity index (χ3v) is 6.08. The molecule has 3 aromatic rings. The normalized spacial score (nSPS) is 23.9. The van der Waals surface area contributed by atoms with Crippen molar-refractivity contribution in [3.63, 3.8) is 0 Å². The number of nitriles is 1. The van der Waals surface area contributed by atoms with Gasteiger partial charge < -0.3 is 15.6 Å². The number of hydrogen-bond donors (Lipinski definition) is 4. The first kappa shape index (κ1) is 17.9. The van der Waals surface area contributed by atoms with E-state index in [0.29, 0.717) is 24.5 Å². The lowest BCUT2D eigenvalue weighted by Crippen LogP contribution is -2.47. The average Bonchev–Trinajstić information content (AvgIpc) is 3.39. The van der Waals surface area contributed by atoms with Gasteiger partial charge in [0.2, 0.25) is 0 Å². The van der Waals surface area contributed by atoms with Crippen LogP contribution in [0.2, 0.25) is 0 Å². The third-order valence-electron chi connectivity index (χ3n) is 6.08. The standard InChI is InChI=1S/C20H25N9/c1-12-7-18(28-27-12)25-17-10-16-19(23-11-22-16)20(26-17)24-13-8-14-3-4-15(9-13)29(14)6-2-5-21/h7,10-11,13-15H,2-4,6,8-9H2,1H3,(H,22,23)(H3,24,25,26,27,28)/t13-,14-,15?/m0/s1. The summed E-state index contributed by atoms with van der Waals surface area (Å²) in [5, 5.41) is 23.0. The molecular formula is C20H25N9. The smallest absolute Gasteiger partial charge is 0.156 e. The maximum absolute atomic E-state index is 8.93. The van der Waals surface area contributed by atoms with Gasteiger partial charge in [0.05, 0.1) is 17.9 Å². The number of H-pyrrole nitrogens is 2. The average molecular weight is 391 g/mol. The van der Waals surface area contributed by atoms with Crippen molar-refractivity contribution in [3.8, 4) is 6.07 Å². The number of fused-ring (bicyclic) bond motifs is 3. The summed E-state index contributed by atoms with van der Waals surface area (Å²) in [5.41, 5.74) is 2.78. The van der Waals surface area contributed by atoms with Gasteiger partial charge in [-0.25, -0.2) is 9.97 Å². The predicted molar refractivity (Wildman–Crippen MR) is 111 cm³/mol. The molecule has 0 aliphatic carbocycles. The molecule has 0 aromatic carbocycles. The Bertz CT molecular complexity index is 1030. The van der Waals surface area contributed by atoms with Gasteiger partial charge in [0.25, 0.3) is 0 Å². The summed E-state index contributed by atoms with van der Waals surface area (Å²) in [5.74, 6) is 2.27. The Morgan fingerprint density at radius 3 is 2.79 bits per heavy atom. The van der Waals surface area contributed by atoms with Crippen LogP contribution in [0.4, 0.5) is 17.5 Å². The first-order valence-electron chi connectivity index (χ1n) is 10.2. The Hall–Kier alpha value is -3.12. The molecule has 2 saturated heterocycles. The van der Waals surface area contributed by atoms with Gasteiger partial charge in [0.1, 0.15) is 11.3 Å². The number of nitrogens with zero attached hydrogens (tertiary/aromatic N) is 5. The highest BCUT2D eigenvalue weighted by molar-refractivity contribution is 5.88. The van der Waals surface area contributed by atoms with Crippen molar-refractivity contribution < 1.29 is 0 Å². The Balaban J connectivity index is 1.35. The number of aromatic nitrogens is 5. The number of rotatable bonds is 6. The maximum Gasteiger partial charge on any atom is 0.156 e. The molecule has 3 atom stereocenters. The number of hydrogen-bond acceptors (Lipinski definition) is 7. The van der Waals surface area contributed by atoms with E-state index in [4.69, 9.17) is 10.2 Å². The van der Waals surface area contributed by atoms with Crippen LogP contribution in [0.5, 0.6) is 0 Å². The number of imidazole rings is 1. The van der Waals surface area contributed by atoms with Crippen molar-refractivity contribution in [2.24, 2.45) is 0 Å². The van der Waals surface area contributed by atoms with Gasteiger partial charge in [0, 0.05) is 48.9 Å². The second-order valence-corrected chi connectivity index (χ2v) is 8.06. The first-order valence-corrected chi connectivity index (χ1v) is 10.2. The summed E-state index contributed by atoms with van der Waals surface area (Å²) < 4.78 is 0. The van der Waals surface area contributed by atoms with E-state index in [-0.39, 0.29) is 0 Å². The van der Waals surface area contributed by atoms with E-state index < -0.39 is 0 Å². The van der Waals surface area contributed by atoms with Crippen LogP contribution in [0.3, 0.4) is 0 Å². The number of piperidine rings is 1. The quantitative estimate of drug-likeness (QED) is 0.509. The van der Waals surface area contributed by atoms with Gasteiger partial charge in [-0.2, -0.15) is 10.4 Å². The number of pyridine rings is 1. The molecule has 2 fully saturated rings. The molecule has 9 heteroatoms. The Labute approximate surface area is 168 Å². The molecule has 2 bridgehead atoms. The second kappa shape index (κ2) is 7.37. The van der Waals surface area contributed by atoms with Gasteiger partial charge in [-0.05, 0) is 32.6 Å². The third kappa shape index (κ3) is 3.51. The van der Waals surface area contributed by atoms with Crippen molar-refractivity contribution in [2.45, 2.75) is 57.2 Å². The van der Waals surface area contributed by atoms with Crippen molar-refractivity contribution in [3.05, 3.63) is 24.2 Å². The zero-order valence-electron chi connectivity index (χ0n) is 16.4. The van der Waals surface area contributed by atoms with Crippen LogP contribution in [0, 0.1) is 18.3 Å². The first-order chi connectivity index (χ1) is 14.2. The second-order valence-electron chi connectivity index (χ2n) is 8.06. The molecule has 2 aliphatic heterocycles. The van der Waals surface area contributed by atoms with Gasteiger partial charge >= 0.3 is 0 Å². The number of anilines is 3. The molecule has 4 N–H and O–H groups in total. The molecule has 5 heterocycles. The minimum Gasteiger partial charge on any atom is -0.365 e. The van der Waals surface area contributed by atoms with E-state index in [1.54, 1.807) is 6.33 Å². The highest BCUT2D eigenvalue weighted by Gasteiger charge is 2.40. The van der Waals surface area contributed by atoms with E-state index in [9.17, 15) is 0 Å². The fourth-order valence-corrected chi connectivity index (χ4v) is 4.85. The van der Waals surface area contributed by atoms with Crippen LogP contribution < -0.4 is 10.6 Å². The number of nitrogens with one attached hydrogen (secondary N) is 4. The highest BCUT2D eigenvalue weighted by Crippen LogP contribution is 2.37. The van der Waals surface area contributed by atoms with Gasteiger partial charge in [-0.15, -0.1) is 0 Å². The molecule has 2 aliphatic rings. The van der Waals surface area contributed by atoms with Crippen molar-refractivity contribution >= 4 is 28.5 Å². The van der Waals surface area contributed by atoms with Gasteiger partial charge in [-0.1, -0.05) is 0 Å². The van der Waals surface area contributed by atoms with E-state index in [2.05, 4.69) is 41.8 Å². The molecule has 3 aromatic heterocycles. The zero-order valence-corrected chi connectivity index (χ0v) is 16.4. The van der Waals surface area contributed by atoms with Crippen molar-refractivity contribution in [2.75, 3.05) is 17.2 Å². The SMILES string of the molecule is Cc1cc(Nc2cc3[nH]cnc3c(N[C@@H]3CC4CC[C@@H](C3)N4CCC#N)n2)n[nH]1. The van der Waals surface area contributed by atoms with Crippen LogP contribution >= 0.6 is 0 Å². The zero-order chi connectivity index (χ0) is 19.8. The minimum atomic E-state index is 0.362. The van der Waals surface area contributed by atoms with E-state index >= 15 is 0 Å². The van der Waals surface area contributed by atoms with E-state index in [1.165, 1.54) is 12.8 Å². The Morgan fingerprint density at radius 2 is 2.07 bits per heavy atom. The minimum absolute atomic E-state index is 0.362. The summed E-state index contributed by atoms with van der Waals surface area (Å²) >= 11 is 0. The fraction of sp³-hybridized carbons (Fsp3) is 0.500. The molecule has 0 amide bonds. The molecule has 0 radical (unpaired) electrons. The molecule has 5 rings (SSSR count). The van der Waals surface area contributed by atoms with Crippen molar-refractivity contribution in [1.82, 2.24) is 30.0 Å².